The number of benzene rings is 9. The van der Waals surface area contributed by atoms with Gasteiger partial charge in [0, 0.05) is 60.3 Å². The summed E-state index contributed by atoms with van der Waals surface area (Å²) in [5.41, 5.74) is 15.6. The van der Waals surface area contributed by atoms with Gasteiger partial charge < -0.3 is 13.4 Å². The molecule has 0 atom stereocenters. The van der Waals surface area contributed by atoms with Crippen LogP contribution in [-0.4, -0.2) is 24.5 Å². The smallest absolute Gasteiger partial charge is 0.164 e. The normalized spacial score (nSPS) is 11.8. The van der Waals surface area contributed by atoms with E-state index in [1.54, 1.807) is 0 Å². The molecule has 5 heterocycles. The zero-order valence-electron chi connectivity index (χ0n) is 36.9. The van der Waals surface area contributed by atoms with Crippen molar-refractivity contribution in [2.45, 2.75) is 0 Å². The quantitative estimate of drug-likeness (QED) is 0.159. The fourth-order valence-electron chi connectivity index (χ4n) is 10.1. The molecule has 0 saturated heterocycles. The minimum Gasteiger partial charge on any atom is -0.456 e. The fourth-order valence-corrected chi connectivity index (χ4v) is 10.1. The number of para-hydroxylation sites is 2. The Bertz CT molecular complexity index is 4250. The molecule has 14 aromatic rings. The van der Waals surface area contributed by atoms with Crippen LogP contribution in [0.15, 0.2) is 233 Å². The molecule has 7 nitrogen and oxygen atoms in total. The van der Waals surface area contributed by atoms with Gasteiger partial charge in [0.15, 0.2) is 17.5 Å². The van der Waals surface area contributed by atoms with Gasteiger partial charge in [0.2, 0.25) is 0 Å². The van der Waals surface area contributed by atoms with E-state index in [4.69, 9.17) is 28.8 Å². The van der Waals surface area contributed by atoms with E-state index in [1.165, 1.54) is 0 Å². The monoisotopic (exact) mass is 883 g/mol. The van der Waals surface area contributed by atoms with Crippen molar-refractivity contribution in [2.75, 3.05) is 0 Å². The zero-order valence-corrected chi connectivity index (χ0v) is 36.9. The lowest BCUT2D eigenvalue weighted by Crippen LogP contribution is -2.00. The Morgan fingerprint density at radius 1 is 0.319 bits per heavy atom. The van der Waals surface area contributed by atoms with Gasteiger partial charge in [0.1, 0.15) is 22.3 Å². The maximum absolute atomic E-state index is 6.59. The highest BCUT2D eigenvalue weighted by atomic mass is 16.3. The molecule has 0 radical (unpaired) electrons. The molecule has 0 spiro atoms. The predicted octanol–water partition coefficient (Wildman–Crippen LogP) is 16.2. The molecule has 9 aromatic carbocycles. The van der Waals surface area contributed by atoms with Gasteiger partial charge in [0.05, 0.1) is 22.9 Å². The van der Waals surface area contributed by atoms with E-state index in [1.807, 2.05) is 91.1 Å². The summed E-state index contributed by atoms with van der Waals surface area (Å²) in [5, 5.41) is 6.50. The van der Waals surface area contributed by atoms with Crippen molar-refractivity contribution in [3.63, 3.8) is 0 Å². The molecule has 0 aliphatic rings. The number of fused-ring (bicyclic) bond motifs is 9. The third-order valence-electron chi connectivity index (χ3n) is 13.3. The lowest BCUT2D eigenvalue weighted by Gasteiger charge is -2.10. The van der Waals surface area contributed by atoms with Crippen molar-refractivity contribution in [3.05, 3.63) is 225 Å². The third kappa shape index (κ3) is 6.43. The van der Waals surface area contributed by atoms with Crippen LogP contribution in [0.25, 0.3) is 139 Å². The molecular weight excluding hydrogens is 847 g/mol. The topological polar surface area (TPSA) is 82.8 Å². The Hall–Kier alpha value is -9.46. The van der Waals surface area contributed by atoms with E-state index >= 15 is 0 Å². The van der Waals surface area contributed by atoms with Crippen LogP contribution in [0.1, 0.15) is 0 Å². The van der Waals surface area contributed by atoms with Crippen LogP contribution in [0, 0.1) is 0 Å². The molecule has 14 rings (SSSR count). The van der Waals surface area contributed by atoms with Gasteiger partial charge in [-0.05, 0) is 89.0 Å². The minimum atomic E-state index is 0.606. The van der Waals surface area contributed by atoms with E-state index in [0.29, 0.717) is 17.5 Å². The summed E-state index contributed by atoms with van der Waals surface area (Å²) in [6, 6.07) is 75.4. The molecule has 0 aliphatic heterocycles. The Balaban J connectivity index is 0.909. The van der Waals surface area contributed by atoms with Gasteiger partial charge in [-0.15, -0.1) is 0 Å². The summed E-state index contributed by atoms with van der Waals surface area (Å²) in [5.74, 6) is 1.86. The van der Waals surface area contributed by atoms with Crippen molar-refractivity contribution in [1.82, 2.24) is 24.5 Å². The van der Waals surface area contributed by atoms with E-state index in [2.05, 4.69) is 138 Å². The largest absolute Gasteiger partial charge is 0.456 e. The van der Waals surface area contributed by atoms with Crippen molar-refractivity contribution >= 4 is 65.7 Å². The second-order valence-corrected chi connectivity index (χ2v) is 17.4. The van der Waals surface area contributed by atoms with E-state index < -0.39 is 0 Å². The van der Waals surface area contributed by atoms with E-state index in [0.717, 1.165) is 122 Å². The maximum atomic E-state index is 6.59. The van der Waals surface area contributed by atoms with Gasteiger partial charge in [-0.1, -0.05) is 152 Å². The van der Waals surface area contributed by atoms with Gasteiger partial charge in [0.25, 0.3) is 0 Å². The summed E-state index contributed by atoms with van der Waals surface area (Å²) in [7, 11) is 0. The Morgan fingerprint density at radius 2 is 0.841 bits per heavy atom. The minimum absolute atomic E-state index is 0.606. The van der Waals surface area contributed by atoms with Gasteiger partial charge in [-0.2, -0.15) is 0 Å². The first-order chi connectivity index (χ1) is 34.2. The predicted molar refractivity (Wildman–Crippen MR) is 279 cm³/mol. The van der Waals surface area contributed by atoms with Crippen molar-refractivity contribution < 1.29 is 8.83 Å². The number of furan rings is 2. The number of rotatable bonds is 7. The van der Waals surface area contributed by atoms with Crippen molar-refractivity contribution in [3.8, 4) is 73.4 Å². The third-order valence-corrected chi connectivity index (χ3v) is 13.3. The number of hydrogen-bond donors (Lipinski definition) is 0. The molecular formula is C62H37N5O2. The average molecular weight is 884 g/mol. The Labute approximate surface area is 395 Å². The first-order valence-corrected chi connectivity index (χ1v) is 23.0. The molecule has 0 saturated carbocycles. The number of pyridine rings is 1. The van der Waals surface area contributed by atoms with Crippen LogP contribution < -0.4 is 0 Å². The summed E-state index contributed by atoms with van der Waals surface area (Å²) in [6.45, 7) is 0. The fraction of sp³-hybridized carbons (Fsp3) is 0. The van der Waals surface area contributed by atoms with Gasteiger partial charge in [-0.3, -0.25) is 4.98 Å². The summed E-state index contributed by atoms with van der Waals surface area (Å²) >= 11 is 0. The molecule has 0 fully saturated rings. The van der Waals surface area contributed by atoms with Crippen LogP contribution >= 0.6 is 0 Å². The van der Waals surface area contributed by atoms with Crippen LogP contribution in [0.4, 0.5) is 0 Å². The lowest BCUT2D eigenvalue weighted by molar-refractivity contribution is 0.668. The summed E-state index contributed by atoms with van der Waals surface area (Å²) in [6.07, 6.45) is 2.02. The Kier molecular flexibility index (Phi) is 8.75. The molecule has 0 amide bonds. The molecule has 0 unspecified atom stereocenters. The first-order valence-electron chi connectivity index (χ1n) is 23.0. The number of hydrogen-bond acceptors (Lipinski definition) is 6. The second-order valence-electron chi connectivity index (χ2n) is 17.4. The maximum Gasteiger partial charge on any atom is 0.164 e. The highest BCUT2D eigenvalue weighted by molar-refractivity contribution is 6.16. The summed E-state index contributed by atoms with van der Waals surface area (Å²) < 4.78 is 15.2. The highest BCUT2D eigenvalue weighted by Crippen LogP contribution is 2.43. The van der Waals surface area contributed by atoms with E-state index in [9.17, 15) is 0 Å². The molecule has 69 heavy (non-hydrogen) atoms. The standard InChI is InChI=1S/C62H37N5O2/c1-4-15-38(16-5-1)60-64-61(39-17-6-2-7-18-39)66-62(65-60)43-20-12-19-42(33-43)45-24-13-27-56-58(45)50-35-41(30-32-55(50)69-56)40-29-31-52-48(34-40)49-36-51(63-37-53(49)67(52)44-21-8-3-9-22-44)46-25-14-28-57-59(46)47-23-10-11-26-54(47)68-57/h1-37H. The van der Waals surface area contributed by atoms with E-state index in [-0.39, 0.29) is 0 Å². The highest BCUT2D eigenvalue weighted by Gasteiger charge is 2.20. The van der Waals surface area contributed by atoms with Crippen molar-refractivity contribution in [2.24, 2.45) is 0 Å². The molecule has 5 aromatic heterocycles. The molecule has 0 N–H and O–H groups in total. The van der Waals surface area contributed by atoms with Gasteiger partial charge >= 0.3 is 0 Å². The Morgan fingerprint density at radius 3 is 1.57 bits per heavy atom. The second kappa shape index (κ2) is 15.6. The molecule has 7 heteroatoms. The van der Waals surface area contributed by atoms with Crippen molar-refractivity contribution in [1.29, 1.82) is 0 Å². The zero-order chi connectivity index (χ0) is 45.4. The molecule has 322 valence electrons. The number of nitrogens with zero attached hydrogens (tertiary/aromatic N) is 5. The number of aromatic nitrogens is 5. The van der Waals surface area contributed by atoms with Gasteiger partial charge in [-0.25, -0.2) is 15.0 Å². The molecule has 0 bridgehead atoms. The SMILES string of the molecule is c1ccc(-c2nc(-c3ccccc3)nc(-c3cccc(-c4cccc5oc6ccc(-c7ccc8c(c7)c7cc(-c9cccc%10oc%11ccccc%11c9%10)ncc7n8-c7ccccc7)cc6c45)c3)n2)cc1. The van der Waals surface area contributed by atoms with Crippen LogP contribution in [-0.2, 0) is 0 Å². The average Bonchev–Trinajstić information content (AvgIpc) is 4.10. The lowest BCUT2D eigenvalue weighted by atomic mass is 9.96. The van der Waals surface area contributed by atoms with Crippen LogP contribution in [0.3, 0.4) is 0 Å². The molecule has 0 aliphatic carbocycles. The summed E-state index contributed by atoms with van der Waals surface area (Å²) in [4.78, 5) is 20.1. The van der Waals surface area contributed by atoms with Crippen LogP contribution in [0.2, 0.25) is 0 Å². The van der Waals surface area contributed by atoms with Crippen LogP contribution in [0.5, 0.6) is 0 Å². The first kappa shape index (κ1) is 38.8.